The van der Waals surface area contributed by atoms with Crippen molar-refractivity contribution in [3.05, 3.63) is 71.6 Å². The molecule has 0 radical (unpaired) electrons. The fourth-order valence-electron chi connectivity index (χ4n) is 4.94. The summed E-state index contributed by atoms with van der Waals surface area (Å²) in [6.45, 7) is 0.180. The van der Waals surface area contributed by atoms with Gasteiger partial charge in [0.1, 0.15) is 34.9 Å². The van der Waals surface area contributed by atoms with Crippen LogP contribution in [0.5, 0.6) is 5.75 Å². The first-order valence-corrected chi connectivity index (χ1v) is 12.3. The van der Waals surface area contributed by atoms with Gasteiger partial charge in [0.2, 0.25) is 0 Å². The Morgan fingerprint density at radius 2 is 1.89 bits per heavy atom. The van der Waals surface area contributed by atoms with Crippen molar-refractivity contribution in [1.82, 2.24) is 24.9 Å². The summed E-state index contributed by atoms with van der Waals surface area (Å²) in [5, 5.41) is 16.9. The molecule has 10 nitrogen and oxygen atoms in total. The summed E-state index contributed by atoms with van der Waals surface area (Å²) < 4.78 is 20.1. The van der Waals surface area contributed by atoms with Crippen LogP contribution < -0.4 is 11.1 Å². The van der Waals surface area contributed by atoms with Gasteiger partial charge in [0, 0.05) is 18.0 Å². The van der Waals surface area contributed by atoms with E-state index < -0.39 is 11.7 Å². The largest absolute Gasteiger partial charge is 0.507 e. The fraction of sp³-hybridized carbons (Fsp3) is 0.296. The van der Waals surface area contributed by atoms with Crippen LogP contribution in [-0.4, -0.2) is 43.7 Å². The zero-order valence-corrected chi connectivity index (χ0v) is 20.7. The number of amides is 1. The lowest BCUT2D eigenvalue weighted by molar-refractivity contribution is -0.146. The van der Waals surface area contributed by atoms with Crippen LogP contribution >= 0.6 is 0 Å². The van der Waals surface area contributed by atoms with Gasteiger partial charge in [-0.3, -0.25) is 9.59 Å². The number of nitrogen functional groups attached to an aromatic ring is 1. The van der Waals surface area contributed by atoms with E-state index in [1.807, 2.05) is 24.3 Å². The lowest BCUT2D eigenvalue weighted by Gasteiger charge is -2.25. The van der Waals surface area contributed by atoms with E-state index in [0.717, 1.165) is 60.8 Å². The van der Waals surface area contributed by atoms with E-state index in [1.54, 1.807) is 4.52 Å². The van der Waals surface area contributed by atoms with Crippen molar-refractivity contribution in [2.24, 2.45) is 5.92 Å². The number of phenolic OH excluding ortho intramolecular Hbond substituents is 1. The number of methoxy groups -OCH3 is 1. The molecule has 0 atom stereocenters. The smallest absolute Gasteiger partial charge is 0.308 e. The summed E-state index contributed by atoms with van der Waals surface area (Å²) in [4.78, 5) is 33.4. The maximum absolute atomic E-state index is 13.5. The number of phenols is 1. The monoisotopic (exact) mass is 518 g/mol. The van der Waals surface area contributed by atoms with E-state index in [1.165, 1.54) is 13.4 Å². The average Bonchev–Trinajstić information content (AvgIpc) is 3.34. The molecule has 196 valence electrons. The number of aromatic nitrogens is 4. The van der Waals surface area contributed by atoms with E-state index in [4.69, 9.17) is 15.5 Å². The average molecular weight is 519 g/mol. The minimum Gasteiger partial charge on any atom is -0.507 e. The first-order chi connectivity index (χ1) is 18.4. The van der Waals surface area contributed by atoms with Crippen LogP contribution in [0, 0.1) is 11.7 Å². The Kier molecular flexibility index (Phi) is 6.91. The molecule has 1 saturated carbocycles. The van der Waals surface area contributed by atoms with Gasteiger partial charge >= 0.3 is 5.97 Å². The van der Waals surface area contributed by atoms with Gasteiger partial charge in [-0.15, -0.1) is 0 Å². The molecule has 2 aromatic heterocycles. The van der Waals surface area contributed by atoms with Gasteiger partial charge in [0.25, 0.3) is 5.91 Å². The highest BCUT2D eigenvalue weighted by atomic mass is 19.1. The highest BCUT2D eigenvalue weighted by molar-refractivity contribution is 5.96. The topological polar surface area (TPSA) is 145 Å². The molecule has 0 unspecified atom stereocenters. The number of aromatic hydroxyl groups is 1. The quantitative estimate of drug-likeness (QED) is 0.329. The molecule has 2 aromatic carbocycles. The summed E-state index contributed by atoms with van der Waals surface area (Å²) in [7, 11) is 1.41. The van der Waals surface area contributed by atoms with Crippen molar-refractivity contribution >= 4 is 23.2 Å². The van der Waals surface area contributed by atoms with Crippen molar-refractivity contribution in [2.45, 2.75) is 38.1 Å². The van der Waals surface area contributed by atoms with Crippen LogP contribution in [-0.2, 0) is 16.1 Å². The number of rotatable bonds is 6. The van der Waals surface area contributed by atoms with Gasteiger partial charge in [-0.25, -0.2) is 18.9 Å². The molecule has 11 heteroatoms. The highest BCUT2D eigenvalue weighted by Crippen LogP contribution is 2.38. The normalized spacial score (nSPS) is 17.3. The highest BCUT2D eigenvalue weighted by Gasteiger charge is 2.31. The number of halogens is 1. The number of benzene rings is 2. The minimum atomic E-state index is -0.608. The number of nitrogens with zero attached hydrogens (tertiary/aromatic N) is 4. The van der Waals surface area contributed by atoms with E-state index >= 15 is 0 Å². The third-order valence-corrected chi connectivity index (χ3v) is 7.00. The molecule has 1 aliphatic rings. The van der Waals surface area contributed by atoms with Crippen molar-refractivity contribution < 1.29 is 23.8 Å². The lowest BCUT2D eigenvalue weighted by atomic mass is 9.81. The van der Waals surface area contributed by atoms with Crippen LogP contribution in [0.15, 0.2) is 48.8 Å². The van der Waals surface area contributed by atoms with Gasteiger partial charge in [-0.05, 0) is 49.4 Å². The molecule has 5 rings (SSSR count). The van der Waals surface area contributed by atoms with Crippen LogP contribution in [0.4, 0.5) is 10.2 Å². The molecule has 0 bridgehead atoms. The summed E-state index contributed by atoms with van der Waals surface area (Å²) in [6.07, 6.45) is 4.40. The number of esters is 1. The van der Waals surface area contributed by atoms with Crippen molar-refractivity contribution in [3.8, 4) is 17.0 Å². The van der Waals surface area contributed by atoms with Gasteiger partial charge in [0.05, 0.1) is 18.6 Å². The molecule has 1 fully saturated rings. The van der Waals surface area contributed by atoms with Gasteiger partial charge < -0.3 is 20.9 Å². The SMILES string of the molecule is COC(=O)C1CCC(c2nc(-c3ccc(CNC(=O)c4cc(F)ccc4O)cc3)c3c(N)ncnn23)CC1. The number of hydrogen-bond donors (Lipinski definition) is 3. The van der Waals surface area contributed by atoms with Crippen LogP contribution in [0.2, 0.25) is 0 Å². The number of hydrogen-bond acceptors (Lipinski definition) is 8. The van der Waals surface area contributed by atoms with Gasteiger partial charge in [-0.2, -0.15) is 5.10 Å². The second kappa shape index (κ2) is 10.4. The molecular weight excluding hydrogens is 491 g/mol. The second-order valence-electron chi connectivity index (χ2n) is 9.34. The Morgan fingerprint density at radius 3 is 2.61 bits per heavy atom. The van der Waals surface area contributed by atoms with Crippen LogP contribution in [0.25, 0.3) is 16.8 Å². The number of carbonyl (C=O) groups is 2. The van der Waals surface area contributed by atoms with Crippen molar-refractivity contribution in [1.29, 1.82) is 0 Å². The molecule has 4 N–H and O–H groups in total. The Hall–Kier alpha value is -4.54. The summed E-state index contributed by atoms with van der Waals surface area (Å²) >= 11 is 0. The lowest BCUT2D eigenvalue weighted by Crippen LogP contribution is -2.23. The second-order valence-corrected chi connectivity index (χ2v) is 9.34. The number of imidazole rings is 1. The van der Waals surface area contributed by atoms with Gasteiger partial charge in [-0.1, -0.05) is 24.3 Å². The van der Waals surface area contributed by atoms with Crippen LogP contribution in [0.3, 0.4) is 0 Å². The predicted octanol–water partition coefficient (Wildman–Crippen LogP) is 3.60. The Balaban J connectivity index is 1.36. The minimum absolute atomic E-state index is 0.0976. The number of nitrogens with one attached hydrogen (secondary N) is 1. The predicted molar refractivity (Wildman–Crippen MR) is 137 cm³/mol. The number of anilines is 1. The Labute approximate surface area is 217 Å². The molecule has 0 spiro atoms. The first kappa shape index (κ1) is 25.1. The van der Waals surface area contributed by atoms with E-state index in [9.17, 15) is 19.1 Å². The molecule has 0 saturated heterocycles. The molecule has 0 aliphatic heterocycles. The Morgan fingerprint density at radius 1 is 1.16 bits per heavy atom. The summed E-state index contributed by atoms with van der Waals surface area (Å²) in [6, 6.07) is 10.6. The maximum Gasteiger partial charge on any atom is 0.308 e. The molecule has 38 heavy (non-hydrogen) atoms. The summed E-state index contributed by atoms with van der Waals surface area (Å²) in [5.74, 6) is -0.555. The zero-order chi connectivity index (χ0) is 26.8. The summed E-state index contributed by atoms with van der Waals surface area (Å²) in [5.41, 5.74) is 8.97. The molecule has 1 aliphatic carbocycles. The fourth-order valence-corrected chi connectivity index (χ4v) is 4.94. The molecule has 1 amide bonds. The van der Waals surface area contributed by atoms with E-state index in [-0.39, 0.29) is 35.7 Å². The third-order valence-electron chi connectivity index (χ3n) is 7.00. The molecule has 4 aromatic rings. The van der Waals surface area contributed by atoms with E-state index in [2.05, 4.69) is 15.4 Å². The number of fused-ring (bicyclic) bond motifs is 1. The van der Waals surface area contributed by atoms with Crippen molar-refractivity contribution in [3.63, 3.8) is 0 Å². The standard InChI is InChI=1S/C27H27FN6O4/c1-38-27(37)18-8-6-17(7-9-18)25-33-22(23-24(29)31-14-32-34(23)25)16-4-2-15(3-5-16)13-30-26(36)20-12-19(28)10-11-21(20)35/h2-5,10-12,14,17-18,35H,6-9,13H2,1H3,(H,30,36)(H2,29,31,32). The number of carbonyl (C=O) groups excluding carboxylic acids is 2. The molecular formula is C27H27FN6O4. The Bertz CT molecular complexity index is 1500. The van der Waals surface area contributed by atoms with Crippen molar-refractivity contribution in [2.75, 3.05) is 12.8 Å². The maximum atomic E-state index is 13.5. The zero-order valence-electron chi connectivity index (χ0n) is 20.7. The third kappa shape index (κ3) is 4.86. The number of ether oxygens (including phenoxy) is 1. The molecule has 2 heterocycles. The first-order valence-electron chi connectivity index (χ1n) is 12.3. The van der Waals surface area contributed by atoms with E-state index in [0.29, 0.717) is 17.0 Å². The van der Waals surface area contributed by atoms with Crippen LogP contribution in [0.1, 0.15) is 53.3 Å². The van der Waals surface area contributed by atoms with Gasteiger partial charge in [0.15, 0.2) is 5.82 Å². The number of nitrogens with two attached hydrogens (primary N) is 1.